The van der Waals surface area contributed by atoms with Gasteiger partial charge in [-0.15, -0.1) is 0 Å². The number of nitrogens with zero attached hydrogens (tertiary/aromatic N) is 3. The molecule has 0 atom stereocenters. The van der Waals surface area contributed by atoms with Crippen LogP contribution in [0.4, 0.5) is 11.4 Å². The van der Waals surface area contributed by atoms with Gasteiger partial charge in [-0.05, 0) is 6.07 Å². The van der Waals surface area contributed by atoms with Crippen molar-refractivity contribution in [3.8, 4) is 0 Å². The molecule has 0 radical (unpaired) electrons. The summed E-state index contributed by atoms with van der Waals surface area (Å²) < 4.78 is 1.57. The number of halogens is 1. The summed E-state index contributed by atoms with van der Waals surface area (Å²) in [5, 5.41) is 15.1. The molecule has 2 N–H and O–H groups in total. The standard InChI is InChI=1S/C10H9ClN4O2/c11-8-4-13-14(6-8)5-7-3-9(15(16)17)1-2-10(7)12/h1-4,6H,5,12H2. The summed E-state index contributed by atoms with van der Waals surface area (Å²) >= 11 is 5.73. The lowest BCUT2D eigenvalue weighted by molar-refractivity contribution is -0.384. The van der Waals surface area contributed by atoms with Crippen molar-refractivity contribution in [1.82, 2.24) is 9.78 Å². The van der Waals surface area contributed by atoms with Gasteiger partial charge in [0, 0.05) is 29.6 Å². The second-order valence-electron chi connectivity index (χ2n) is 3.50. The summed E-state index contributed by atoms with van der Waals surface area (Å²) in [5.41, 5.74) is 6.88. The number of non-ortho nitro benzene ring substituents is 1. The summed E-state index contributed by atoms with van der Waals surface area (Å²) in [5.74, 6) is 0. The highest BCUT2D eigenvalue weighted by atomic mass is 35.5. The minimum absolute atomic E-state index is 0.00690. The van der Waals surface area contributed by atoms with Crippen molar-refractivity contribution in [3.05, 3.63) is 51.3 Å². The fourth-order valence-corrected chi connectivity index (χ4v) is 1.60. The Morgan fingerprint density at radius 3 is 2.88 bits per heavy atom. The monoisotopic (exact) mass is 252 g/mol. The van der Waals surface area contributed by atoms with Gasteiger partial charge in [-0.3, -0.25) is 14.8 Å². The number of nitro groups is 1. The van der Waals surface area contributed by atoms with E-state index in [-0.39, 0.29) is 5.69 Å². The van der Waals surface area contributed by atoms with Crippen LogP contribution in [0.5, 0.6) is 0 Å². The average Bonchev–Trinajstić information content (AvgIpc) is 2.67. The second-order valence-corrected chi connectivity index (χ2v) is 3.93. The number of nitro benzene ring substituents is 1. The van der Waals surface area contributed by atoms with Crippen molar-refractivity contribution >= 4 is 23.0 Å². The van der Waals surface area contributed by atoms with Crippen molar-refractivity contribution in [2.24, 2.45) is 0 Å². The Bertz CT molecular complexity index is 567. The first-order valence-electron chi connectivity index (χ1n) is 4.77. The van der Waals surface area contributed by atoms with Gasteiger partial charge < -0.3 is 5.73 Å². The fraction of sp³-hybridized carbons (Fsp3) is 0.100. The topological polar surface area (TPSA) is 87.0 Å². The zero-order valence-electron chi connectivity index (χ0n) is 8.71. The van der Waals surface area contributed by atoms with Crippen LogP contribution in [0.1, 0.15) is 5.56 Å². The van der Waals surface area contributed by atoms with Gasteiger partial charge in [0.2, 0.25) is 0 Å². The Morgan fingerprint density at radius 1 is 1.53 bits per heavy atom. The molecule has 0 aliphatic rings. The highest BCUT2D eigenvalue weighted by Crippen LogP contribution is 2.20. The molecule has 0 aliphatic heterocycles. The zero-order valence-corrected chi connectivity index (χ0v) is 9.46. The molecule has 1 aromatic heterocycles. The van der Waals surface area contributed by atoms with E-state index in [9.17, 15) is 10.1 Å². The van der Waals surface area contributed by atoms with Crippen molar-refractivity contribution in [2.45, 2.75) is 6.54 Å². The van der Waals surface area contributed by atoms with Crippen LogP contribution in [0, 0.1) is 10.1 Å². The van der Waals surface area contributed by atoms with Crippen LogP contribution < -0.4 is 5.73 Å². The molecule has 1 heterocycles. The van der Waals surface area contributed by atoms with Crippen LogP contribution in [-0.2, 0) is 6.54 Å². The van der Waals surface area contributed by atoms with Crippen LogP contribution in [-0.4, -0.2) is 14.7 Å². The molecule has 0 saturated carbocycles. The molecule has 88 valence electrons. The molecule has 0 saturated heterocycles. The molecule has 1 aromatic carbocycles. The quantitative estimate of drug-likeness (QED) is 0.515. The van der Waals surface area contributed by atoms with E-state index in [1.165, 1.54) is 24.4 Å². The van der Waals surface area contributed by atoms with E-state index in [1.54, 1.807) is 10.9 Å². The van der Waals surface area contributed by atoms with E-state index in [0.29, 0.717) is 22.8 Å². The first-order chi connectivity index (χ1) is 8.06. The lowest BCUT2D eigenvalue weighted by Gasteiger charge is -2.05. The van der Waals surface area contributed by atoms with Gasteiger partial charge >= 0.3 is 0 Å². The molecule has 2 aromatic rings. The Balaban J connectivity index is 2.31. The van der Waals surface area contributed by atoms with E-state index < -0.39 is 4.92 Å². The number of rotatable bonds is 3. The molecule has 17 heavy (non-hydrogen) atoms. The summed E-state index contributed by atoms with van der Waals surface area (Å²) in [6.07, 6.45) is 3.12. The van der Waals surface area contributed by atoms with Gasteiger partial charge in [-0.1, -0.05) is 11.6 Å². The molecule has 0 amide bonds. The van der Waals surface area contributed by atoms with E-state index in [0.717, 1.165) is 0 Å². The molecule has 6 nitrogen and oxygen atoms in total. The molecule has 0 fully saturated rings. The molecule has 0 spiro atoms. The van der Waals surface area contributed by atoms with Gasteiger partial charge in [-0.2, -0.15) is 5.10 Å². The summed E-state index contributed by atoms with van der Waals surface area (Å²) in [6.45, 7) is 0.347. The van der Waals surface area contributed by atoms with Gasteiger partial charge in [0.1, 0.15) is 0 Å². The lowest BCUT2D eigenvalue weighted by atomic mass is 10.1. The van der Waals surface area contributed by atoms with E-state index >= 15 is 0 Å². The number of nitrogens with two attached hydrogens (primary N) is 1. The number of anilines is 1. The van der Waals surface area contributed by atoms with Crippen LogP contribution in [0.3, 0.4) is 0 Å². The Kier molecular flexibility index (Phi) is 2.97. The third-order valence-corrected chi connectivity index (χ3v) is 2.47. The maximum Gasteiger partial charge on any atom is 0.269 e. The average molecular weight is 253 g/mol. The van der Waals surface area contributed by atoms with Crippen LogP contribution in [0.15, 0.2) is 30.6 Å². The minimum atomic E-state index is -0.459. The summed E-state index contributed by atoms with van der Waals surface area (Å²) in [6, 6.07) is 4.32. The smallest absolute Gasteiger partial charge is 0.269 e. The number of nitrogen functional groups attached to an aromatic ring is 1. The first kappa shape index (κ1) is 11.4. The highest BCUT2D eigenvalue weighted by Gasteiger charge is 2.09. The maximum atomic E-state index is 10.6. The van der Waals surface area contributed by atoms with Crippen LogP contribution in [0.25, 0.3) is 0 Å². The van der Waals surface area contributed by atoms with Crippen molar-refractivity contribution in [3.63, 3.8) is 0 Å². The fourth-order valence-electron chi connectivity index (χ4n) is 1.44. The minimum Gasteiger partial charge on any atom is -0.398 e. The predicted octanol–water partition coefficient (Wildman–Crippen LogP) is 2.08. The molecule has 0 aliphatic carbocycles. The van der Waals surface area contributed by atoms with Gasteiger partial charge in [0.15, 0.2) is 0 Å². The Labute approximate surface area is 102 Å². The van der Waals surface area contributed by atoms with Gasteiger partial charge in [0.25, 0.3) is 5.69 Å². The van der Waals surface area contributed by atoms with Crippen LogP contribution in [0.2, 0.25) is 5.02 Å². The predicted molar refractivity (Wildman–Crippen MR) is 63.8 cm³/mol. The van der Waals surface area contributed by atoms with Crippen LogP contribution >= 0.6 is 11.6 Å². The van der Waals surface area contributed by atoms with Gasteiger partial charge in [0.05, 0.1) is 22.7 Å². The lowest BCUT2D eigenvalue weighted by Crippen LogP contribution is -2.04. The largest absolute Gasteiger partial charge is 0.398 e. The zero-order chi connectivity index (χ0) is 12.4. The van der Waals surface area contributed by atoms with Crippen molar-refractivity contribution in [2.75, 3.05) is 5.73 Å². The Hall–Kier alpha value is -2.08. The molecule has 0 unspecified atom stereocenters. The highest BCUT2D eigenvalue weighted by molar-refractivity contribution is 6.30. The molecule has 7 heteroatoms. The third-order valence-electron chi connectivity index (χ3n) is 2.27. The van der Waals surface area contributed by atoms with E-state index in [2.05, 4.69) is 5.10 Å². The number of hydrogen-bond acceptors (Lipinski definition) is 4. The van der Waals surface area contributed by atoms with Crippen molar-refractivity contribution < 1.29 is 4.92 Å². The molecular weight excluding hydrogens is 244 g/mol. The Morgan fingerprint density at radius 2 is 2.29 bits per heavy atom. The summed E-state index contributed by atoms with van der Waals surface area (Å²) in [4.78, 5) is 10.2. The summed E-state index contributed by atoms with van der Waals surface area (Å²) in [7, 11) is 0. The normalized spacial score (nSPS) is 10.4. The van der Waals surface area contributed by atoms with Gasteiger partial charge in [-0.25, -0.2) is 0 Å². The third kappa shape index (κ3) is 2.54. The van der Waals surface area contributed by atoms with E-state index in [4.69, 9.17) is 17.3 Å². The maximum absolute atomic E-state index is 10.6. The number of benzene rings is 1. The number of aromatic nitrogens is 2. The SMILES string of the molecule is Nc1ccc([N+](=O)[O-])cc1Cn1cc(Cl)cn1. The molecule has 0 bridgehead atoms. The van der Waals surface area contributed by atoms with Crippen molar-refractivity contribution in [1.29, 1.82) is 0 Å². The second kappa shape index (κ2) is 4.42. The molecular formula is C10H9ClN4O2. The van der Waals surface area contributed by atoms with E-state index in [1.807, 2.05) is 0 Å². The molecule has 2 rings (SSSR count). The first-order valence-corrected chi connectivity index (χ1v) is 5.15. The number of hydrogen-bond donors (Lipinski definition) is 1.